The van der Waals surface area contributed by atoms with Gasteiger partial charge in [-0.3, -0.25) is 14.0 Å². The Morgan fingerprint density at radius 2 is 1.55 bits per heavy atom. The molecule has 368 valence electrons. The number of anilines is 1. The fourth-order valence-corrected chi connectivity index (χ4v) is 8.96. The number of aliphatic hydroxyl groups is 1. The first-order valence-corrected chi connectivity index (χ1v) is 25.5. The molecule has 0 saturated heterocycles. The largest absolute Gasteiger partial charge is 0.530 e. The zero-order chi connectivity index (χ0) is 48.4. The van der Waals surface area contributed by atoms with Gasteiger partial charge in [-0.2, -0.15) is 15.6 Å². The van der Waals surface area contributed by atoms with Gasteiger partial charge in [0, 0.05) is 32.5 Å². The summed E-state index contributed by atoms with van der Waals surface area (Å²) in [6.07, 6.45) is 22.5. The quantitative estimate of drug-likeness (QED) is 0.0246. The van der Waals surface area contributed by atoms with Crippen molar-refractivity contribution in [2.45, 2.75) is 160 Å². The highest BCUT2D eigenvalue weighted by molar-refractivity contribution is 7.49. The van der Waals surface area contributed by atoms with E-state index in [4.69, 9.17) is 49.9 Å². The first kappa shape index (κ1) is 55.4. The van der Waals surface area contributed by atoms with Gasteiger partial charge in [0.05, 0.1) is 36.1 Å². The Kier molecular flexibility index (Phi) is 24.5. The van der Waals surface area contributed by atoms with E-state index in [0.717, 1.165) is 19.3 Å². The van der Waals surface area contributed by atoms with Crippen molar-refractivity contribution < 1.29 is 42.2 Å². The minimum atomic E-state index is -4.66. The van der Waals surface area contributed by atoms with E-state index in [2.05, 4.69) is 34.1 Å². The number of benzene rings is 1. The van der Waals surface area contributed by atoms with Crippen LogP contribution in [-0.4, -0.2) is 75.7 Å². The van der Waals surface area contributed by atoms with Gasteiger partial charge in [0.2, 0.25) is 0 Å². The number of aromatic nitrogens is 4. The van der Waals surface area contributed by atoms with E-state index >= 15 is 0 Å². The Bertz CT molecular complexity index is 2180. The molecule has 1 aromatic carbocycles. The lowest BCUT2D eigenvalue weighted by Crippen LogP contribution is -2.39. The number of phosphoric ester groups is 1. The minimum absolute atomic E-state index is 0.00394. The topological polar surface area (TPSA) is 219 Å². The Morgan fingerprint density at radius 3 is 2.16 bits per heavy atom. The van der Waals surface area contributed by atoms with E-state index in [1.165, 1.54) is 128 Å². The fourth-order valence-electron chi connectivity index (χ4n) is 7.44. The zero-order valence-electron chi connectivity index (χ0n) is 39.8. The van der Waals surface area contributed by atoms with Crippen LogP contribution < -0.4 is 10.3 Å². The van der Waals surface area contributed by atoms with Gasteiger partial charge >= 0.3 is 7.82 Å². The number of phosphoric acid groups is 1. The second-order valence-electron chi connectivity index (χ2n) is 17.3. The number of rotatable bonds is 36. The molecule has 4 aromatic rings. The molecule has 0 radical (unpaired) electrons. The number of nitrogens with zero attached hydrogens (tertiary/aromatic N) is 6. The van der Waals surface area contributed by atoms with Gasteiger partial charge in [0.15, 0.2) is 17.2 Å². The minimum Gasteiger partial charge on any atom is -0.402 e. The van der Waals surface area contributed by atoms with Gasteiger partial charge < -0.3 is 34.3 Å². The van der Waals surface area contributed by atoms with Crippen molar-refractivity contribution in [1.82, 2.24) is 19.6 Å². The number of hydrogen-bond donors (Lipinski definition) is 2. The van der Waals surface area contributed by atoms with Gasteiger partial charge in [-0.25, -0.2) is 14.1 Å². The number of pyridine rings is 1. The van der Waals surface area contributed by atoms with Crippen molar-refractivity contribution in [3.63, 3.8) is 0 Å². The maximum absolute atomic E-state index is 14.7. The molecule has 3 aromatic heterocycles. The summed E-state index contributed by atoms with van der Waals surface area (Å²) in [6, 6.07) is 15.6. The van der Waals surface area contributed by atoms with Gasteiger partial charge in [-0.05, 0) is 56.2 Å². The molecular formula is C49H71ClN7O9P. The predicted molar refractivity (Wildman–Crippen MR) is 257 cm³/mol. The normalized spacial score (nSPS) is 14.5. The van der Waals surface area contributed by atoms with E-state index in [9.17, 15) is 20.2 Å². The number of fused-ring (bicyclic) bond motifs is 1. The number of methoxy groups -OCH3 is 1. The highest BCUT2D eigenvalue weighted by Gasteiger charge is 2.42. The monoisotopic (exact) mass is 967 g/mol. The average Bonchev–Trinajstić information content (AvgIpc) is 3.76. The number of nitrogen functional groups attached to an aromatic ring is 1. The van der Waals surface area contributed by atoms with Crippen LogP contribution in [0.1, 0.15) is 153 Å². The molecule has 0 amide bonds. The van der Waals surface area contributed by atoms with Gasteiger partial charge in [0.1, 0.15) is 48.5 Å². The lowest BCUT2D eigenvalue weighted by Gasteiger charge is -2.33. The molecule has 0 aliphatic carbocycles. The van der Waals surface area contributed by atoms with Crippen molar-refractivity contribution in [2.75, 3.05) is 39.3 Å². The summed E-state index contributed by atoms with van der Waals surface area (Å²) in [5.74, 6) is -1.46. The third kappa shape index (κ3) is 20.1. The standard InChI is InChI=1S/C49H71ClN7O9P/c1-5-6-7-8-9-10-11-12-13-14-15-16-17-18-19-22-27-61-34-41(62-33-40-28-39(30-51)31-54-32-40)35-63-67(59,66-45-24-21-20-23-42(45)50)64-37-49(36-52,60-4)29-46(65-48(2,3)58)43-25-26-44-47(53)55-38-56-57(43)44/h20-21,23-26,28,31-32,38,41,46,58H,5-19,22,27,29,33-35,37H2,1-4H3,(H2,53,55,56)/t41-,46-,49-,67?/m1/s1. The zero-order valence-corrected chi connectivity index (χ0v) is 41.4. The first-order valence-electron chi connectivity index (χ1n) is 23.6. The predicted octanol–water partition coefficient (Wildman–Crippen LogP) is 11.4. The molecular weight excluding hydrogens is 897 g/mol. The average molecular weight is 969 g/mol. The van der Waals surface area contributed by atoms with E-state index in [-0.39, 0.29) is 42.8 Å². The van der Waals surface area contributed by atoms with E-state index < -0.39 is 38.0 Å². The number of nitrogens with two attached hydrogens (primary N) is 1. The Hall–Kier alpha value is -4.19. The van der Waals surface area contributed by atoms with Crippen LogP contribution in [0.25, 0.3) is 5.52 Å². The maximum atomic E-state index is 14.7. The summed E-state index contributed by atoms with van der Waals surface area (Å²) in [7, 11) is -3.37. The van der Waals surface area contributed by atoms with E-state index in [1.807, 2.05) is 0 Å². The van der Waals surface area contributed by atoms with Gasteiger partial charge in [-0.15, -0.1) is 0 Å². The molecule has 3 N–H and O–H groups in total. The number of halogens is 1. The third-order valence-corrected chi connectivity index (χ3v) is 12.8. The Labute approximate surface area is 402 Å². The van der Waals surface area contributed by atoms with Crippen LogP contribution in [-0.2, 0) is 39.2 Å². The van der Waals surface area contributed by atoms with E-state index in [1.54, 1.807) is 42.6 Å². The number of para-hydroxylation sites is 1. The van der Waals surface area contributed by atoms with Crippen LogP contribution in [0, 0.1) is 22.7 Å². The molecule has 0 fully saturated rings. The summed E-state index contributed by atoms with van der Waals surface area (Å²) in [5.41, 5.74) is 6.14. The number of hydrogen-bond acceptors (Lipinski definition) is 15. The summed E-state index contributed by atoms with van der Waals surface area (Å²) in [5, 5.41) is 35.3. The number of ether oxygens (including phenoxy) is 4. The summed E-state index contributed by atoms with van der Waals surface area (Å²) < 4.78 is 58.2. The molecule has 0 aliphatic rings. The molecule has 3 heterocycles. The van der Waals surface area contributed by atoms with Crippen LogP contribution in [0.4, 0.5) is 5.82 Å². The second-order valence-corrected chi connectivity index (χ2v) is 19.3. The lowest BCUT2D eigenvalue weighted by molar-refractivity contribution is -0.219. The molecule has 0 bridgehead atoms. The first-order chi connectivity index (χ1) is 32.3. The third-order valence-electron chi connectivity index (χ3n) is 11.2. The smallest absolute Gasteiger partial charge is 0.402 e. The molecule has 0 saturated carbocycles. The van der Waals surface area contributed by atoms with Crippen LogP contribution in [0.5, 0.6) is 5.75 Å². The highest BCUT2D eigenvalue weighted by Crippen LogP contribution is 2.52. The Balaban J connectivity index is 1.39. The molecule has 4 atom stereocenters. The van der Waals surface area contributed by atoms with Gasteiger partial charge in [0.25, 0.3) is 0 Å². The molecule has 0 spiro atoms. The van der Waals surface area contributed by atoms with Crippen LogP contribution in [0.2, 0.25) is 5.02 Å². The van der Waals surface area contributed by atoms with Gasteiger partial charge in [-0.1, -0.05) is 127 Å². The summed E-state index contributed by atoms with van der Waals surface area (Å²) in [4.78, 5) is 8.16. The summed E-state index contributed by atoms with van der Waals surface area (Å²) >= 11 is 6.45. The lowest BCUT2D eigenvalue weighted by atomic mass is 9.96. The van der Waals surface area contributed by atoms with Crippen LogP contribution >= 0.6 is 19.4 Å². The SMILES string of the molecule is CCCCCCCCCCCCCCCCCCOC[C@H](COP(=O)(OC[C@](C#N)(C[C@@H](OC(C)(C)O)c1ccc2c(N)ncnn12)OC)Oc1ccccc1Cl)OCc1cncc(C#N)c1. The van der Waals surface area contributed by atoms with Crippen molar-refractivity contribution in [2.24, 2.45) is 0 Å². The highest BCUT2D eigenvalue weighted by atomic mass is 35.5. The van der Waals surface area contributed by atoms with Crippen LogP contribution in [0.3, 0.4) is 0 Å². The molecule has 1 unspecified atom stereocenters. The number of nitriles is 2. The fraction of sp³-hybridized carbons (Fsp3) is 0.612. The Morgan fingerprint density at radius 1 is 0.896 bits per heavy atom. The molecule has 4 rings (SSSR count). The second kappa shape index (κ2) is 29.6. The maximum Gasteiger partial charge on any atom is 0.530 e. The van der Waals surface area contributed by atoms with Crippen LogP contribution in [0.15, 0.2) is 61.2 Å². The summed E-state index contributed by atoms with van der Waals surface area (Å²) in [6.45, 7) is 4.76. The molecule has 67 heavy (non-hydrogen) atoms. The number of unbranched alkanes of at least 4 members (excludes halogenated alkanes) is 15. The van der Waals surface area contributed by atoms with Crippen molar-refractivity contribution in [3.8, 4) is 17.9 Å². The molecule has 16 nitrogen and oxygen atoms in total. The van der Waals surface area contributed by atoms with Crippen molar-refractivity contribution in [3.05, 3.63) is 83.0 Å². The molecule has 0 aliphatic heterocycles. The van der Waals surface area contributed by atoms with Crippen molar-refractivity contribution in [1.29, 1.82) is 10.5 Å². The van der Waals surface area contributed by atoms with Crippen molar-refractivity contribution >= 4 is 30.8 Å². The molecule has 18 heteroatoms. The van der Waals surface area contributed by atoms with E-state index in [0.29, 0.717) is 28.9 Å².